The maximum absolute atomic E-state index is 11.8. The molecule has 0 radical (unpaired) electrons. The van der Waals surface area contributed by atoms with Crippen molar-refractivity contribution >= 4 is 17.8 Å². The Bertz CT molecular complexity index is 627. The van der Waals surface area contributed by atoms with Crippen LogP contribution in [0.1, 0.15) is 5.56 Å². The van der Waals surface area contributed by atoms with Crippen molar-refractivity contribution in [1.29, 1.82) is 0 Å². The summed E-state index contributed by atoms with van der Waals surface area (Å²) in [6.07, 6.45) is 1.64. The molecule has 0 heterocycles. The summed E-state index contributed by atoms with van der Waals surface area (Å²) in [5, 5.41) is 15.3. The van der Waals surface area contributed by atoms with Gasteiger partial charge in [-0.25, -0.2) is 0 Å². The number of hydrogen-bond acceptors (Lipinski definition) is 5. The van der Waals surface area contributed by atoms with Gasteiger partial charge in [0.25, 0.3) is 5.91 Å². The van der Waals surface area contributed by atoms with E-state index in [4.69, 9.17) is 9.84 Å². The van der Waals surface area contributed by atoms with Crippen LogP contribution in [-0.4, -0.2) is 37.0 Å². The molecule has 23 heavy (non-hydrogen) atoms. The number of nitrogens with one attached hydrogen (secondary N) is 2. The van der Waals surface area contributed by atoms with Crippen molar-refractivity contribution < 1.29 is 14.6 Å². The van der Waals surface area contributed by atoms with Crippen LogP contribution >= 0.6 is 0 Å². The summed E-state index contributed by atoms with van der Waals surface area (Å²) in [6, 6.07) is 16.4. The van der Waals surface area contributed by atoms with E-state index < -0.39 is 0 Å². The Morgan fingerprint density at radius 1 is 1.13 bits per heavy atom. The molecule has 0 aromatic heterocycles. The number of amides is 1. The van der Waals surface area contributed by atoms with Crippen molar-refractivity contribution in [3.05, 3.63) is 60.2 Å². The van der Waals surface area contributed by atoms with Gasteiger partial charge in [0.2, 0.25) is 0 Å². The number of para-hydroxylation sites is 1. The number of aliphatic hydroxyl groups is 1. The number of nitrogens with zero attached hydrogens (tertiary/aromatic N) is 1. The van der Waals surface area contributed by atoms with Crippen LogP contribution in [0.2, 0.25) is 0 Å². The lowest BCUT2D eigenvalue weighted by atomic mass is 10.2. The van der Waals surface area contributed by atoms with Crippen LogP contribution < -0.4 is 15.5 Å². The first-order valence-corrected chi connectivity index (χ1v) is 7.22. The monoisotopic (exact) mass is 313 g/mol. The number of carbonyl (C=O) groups excluding carboxylic acids is 1. The standard InChI is InChI=1S/C17H19N3O3/c21-11-10-18-19-12-14-6-8-16(9-7-14)23-13-17(22)20-15-4-2-1-3-5-15/h1-9,12,18,21H,10-11,13H2,(H,20,22). The SMILES string of the molecule is O=C(COc1ccc(C=NNCCO)cc1)Nc1ccccc1. The molecule has 3 N–H and O–H groups in total. The fraction of sp³-hybridized carbons (Fsp3) is 0.176. The van der Waals surface area contributed by atoms with Crippen LogP contribution in [0.25, 0.3) is 0 Å². The van der Waals surface area contributed by atoms with Crippen molar-refractivity contribution in [3.63, 3.8) is 0 Å². The van der Waals surface area contributed by atoms with Gasteiger partial charge in [0.05, 0.1) is 19.4 Å². The zero-order chi connectivity index (χ0) is 16.3. The largest absolute Gasteiger partial charge is 0.484 e. The van der Waals surface area contributed by atoms with Crippen LogP contribution in [0.3, 0.4) is 0 Å². The topological polar surface area (TPSA) is 83.0 Å². The number of hydrogen-bond donors (Lipinski definition) is 3. The van der Waals surface area contributed by atoms with Gasteiger partial charge in [0.1, 0.15) is 5.75 Å². The molecule has 0 unspecified atom stereocenters. The summed E-state index contributed by atoms with van der Waals surface area (Å²) in [5.74, 6) is 0.392. The summed E-state index contributed by atoms with van der Waals surface area (Å²) in [7, 11) is 0. The van der Waals surface area contributed by atoms with Gasteiger partial charge in [-0.15, -0.1) is 0 Å². The van der Waals surface area contributed by atoms with Gasteiger partial charge in [-0.2, -0.15) is 5.10 Å². The van der Waals surface area contributed by atoms with Crippen LogP contribution in [0.15, 0.2) is 59.7 Å². The molecule has 0 aliphatic carbocycles. The molecule has 2 aromatic rings. The normalized spacial score (nSPS) is 10.5. The molecule has 0 saturated heterocycles. The number of anilines is 1. The highest BCUT2D eigenvalue weighted by molar-refractivity contribution is 5.91. The Morgan fingerprint density at radius 3 is 2.57 bits per heavy atom. The number of benzene rings is 2. The predicted octanol–water partition coefficient (Wildman–Crippen LogP) is 1.62. The Morgan fingerprint density at radius 2 is 1.87 bits per heavy atom. The predicted molar refractivity (Wildman–Crippen MR) is 89.7 cm³/mol. The second-order valence-electron chi connectivity index (χ2n) is 4.66. The van der Waals surface area contributed by atoms with Crippen molar-refractivity contribution in [2.75, 3.05) is 25.1 Å². The smallest absolute Gasteiger partial charge is 0.262 e. The van der Waals surface area contributed by atoms with E-state index in [1.807, 2.05) is 42.5 Å². The van der Waals surface area contributed by atoms with Gasteiger partial charge in [0.15, 0.2) is 6.61 Å². The van der Waals surface area contributed by atoms with E-state index in [0.29, 0.717) is 12.3 Å². The molecule has 0 aliphatic rings. The zero-order valence-corrected chi connectivity index (χ0v) is 12.6. The number of aliphatic hydroxyl groups excluding tert-OH is 1. The average molecular weight is 313 g/mol. The Kier molecular flexibility index (Phi) is 6.62. The van der Waals surface area contributed by atoms with E-state index in [2.05, 4.69) is 15.8 Å². The maximum Gasteiger partial charge on any atom is 0.262 e. The second kappa shape index (κ2) is 9.22. The average Bonchev–Trinajstić information content (AvgIpc) is 2.59. The first-order valence-electron chi connectivity index (χ1n) is 7.22. The number of ether oxygens (including phenoxy) is 1. The zero-order valence-electron chi connectivity index (χ0n) is 12.6. The van der Waals surface area contributed by atoms with E-state index in [1.165, 1.54) is 0 Å². The van der Waals surface area contributed by atoms with E-state index in [1.54, 1.807) is 18.3 Å². The quantitative estimate of drug-likeness (QED) is 0.393. The first-order chi connectivity index (χ1) is 11.3. The first kappa shape index (κ1) is 16.5. The molecule has 0 bridgehead atoms. The molecule has 0 atom stereocenters. The molecule has 0 fully saturated rings. The van der Waals surface area contributed by atoms with Gasteiger partial charge in [-0.3, -0.25) is 4.79 Å². The molecule has 6 heteroatoms. The summed E-state index contributed by atoms with van der Waals surface area (Å²) in [5.41, 5.74) is 4.32. The molecular formula is C17H19N3O3. The van der Waals surface area contributed by atoms with Crippen LogP contribution in [0.4, 0.5) is 5.69 Å². The molecule has 6 nitrogen and oxygen atoms in total. The molecule has 1 amide bonds. The minimum Gasteiger partial charge on any atom is -0.484 e. The van der Waals surface area contributed by atoms with E-state index in [9.17, 15) is 4.79 Å². The van der Waals surface area contributed by atoms with Crippen molar-refractivity contribution in [2.24, 2.45) is 5.10 Å². The molecule has 2 aromatic carbocycles. The fourth-order valence-electron chi connectivity index (χ4n) is 1.75. The van der Waals surface area contributed by atoms with Gasteiger partial charge in [-0.05, 0) is 42.0 Å². The molecular weight excluding hydrogens is 294 g/mol. The Hall–Kier alpha value is -2.86. The highest BCUT2D eigenvalue weighted by Crippen LogP contribution is 2.11. The maximum atomic E-state index is 11.8. The van der Waals surface area contributed by atoms with Crippen molar-refractivity contribution in [1.82, 2.24) is 5.43 Å². The molecule has 0 aliphatic heterocycles. The lowest BCUT2D eigenvalue weighted by Crippen LogP contribution is -2.20. The van der Waals surface area contributed by atoms with Gasteiger partial charge in [0, 0.05) is 5.69 Å². The van der Waals surface area contributed by atoms with E-state index >= 15 is 0 Å². The van der Waals surface area contributed by atoms with Crippen LogP contribution in [0, 0.1) is 0 Å². The molecule has 2 rings (SSSR count). The third kappa shape index (κ3) is 6.19. The fourth-order valence-corrected chi connectivity index (χ4v) is 1.75. The Balaban J connectivity index is 1.77. The summed E-state index contributed by atoms with van der Waals surface area (Å²) in [4.78, 5) is 11.8. The minimum atomic E-state index is -0.213. The molecule has 120 valence electrons. The van der Waals surface area contributed by atoms with Crippen molar-refractivity contribution in [2.45, 2.75) is 0 Å². The number of rotatable bonds is 8. The number of hydrazone groups is 1. The summed E-state index contributed by atoms with van der Waals surface area (Å²) < 4.78 is 5.43. The molecule has 0 spiro atoms. The van der Waals surface area contributed by atoms with E-state index in [-0.39, 0.29) is 19.1 Å². The third-order valence-electron chi connectivity index (χ3n) is 2.84. The third-order valence-corrected chi connectivity index (χ3v) is 2.84. The van der Waals surface area contributed by atoms with Crippen LogP contribution in [0.5, 0.6) is 5.75 Å². The van der Waals surface area contributed by atoms with Crippen LogP contribution in [-0.2, 0) is 4.79 Å². The lowest BCUT2D eigenvalue weighted by molar-refractivity contribution is -0.118. The van der Waals surface area contributed by atoms with Gasteiger partial charge < -0.3 is 20.6 Å². The van der Waals surface area contributed by atoms with Crippen molar-refractivity contribution in [3.8, 4) is 5.75 Å². The lowest BCUT2D eigenvalue weighted by Gasteiger charge is -2.07. The van der Waals surface area contributed by atoms with Gasteiger partial charge in [-0.1, -0.05) is 18.2 Å². The Labute approximate surface area is 134 Å². The molecule has 0 saturated carbocycles. The number of carbonyl (C=O) groups is 1. The highest BCUT2D eigenvalue weighted by atomic mass is 16.5. The van der Waals surface area contributed by atoms with Gasteiger partial charge >= 0.3 is 0 Å². The highest BCUT2D eigenvalue weighted by Gasteiger charge is 2.03. The minimum absolute atomic E-state index is 0.0369. The second-order valence-corrected chi connectivity index (χ2v) is 4.66. The summed E-state index contributed by atoms with van der Waals surface area (Å²) >= 11 is 0. The summed E-state index contributed by atoms with van der Waals surface area (Å²) in [6.45, 7) is 0.393. The van der Waals surface area contributed by atoms with E-state index in [0.717, 1.165) is 11.3 Å².